The topological polar surface area (TPSA) is 71.8 Å². The number of para-hydroxylation sites is 1. The van der Waals surface area contributed by atoms with Crippen molar-refractivity contribution >= 4 is 50.5 Å². The van der Waals surface area contributed by atoms with Crippen molar-refractivity contribution in [2.75, 3.05) is 31.6 Å². The highest BCUT2D eigenvalue weighted by atomic mass is 79.9. The Morgan fingerprint density at radius 3 is 2.70 bits per heavy atom. The molecule has 8 heteroatoms. The summed E-state index contributed by atoms with van der Waals surface area (Å²) >= 11 is 3.28. The number of rotatable bonds is 4. The van der Waals surface area contributed by atoms with Gasteiger partial charge in [0.15, 0.2) is 0 Å². The first kappa shape index (κ1) is 20.3. The zero-order valence-electron chi connectivity index (χ0n) is 15.9. The van der Waals surface area contributed by atoms with Crippen molar-refractivity contribution < 1.29 is 23.1 Å². The Balaban J connectivity index is 1.62. The molecule has 4 rings (SSSR count). The van der Waals surface area contributed by atoms with Crippen molar-refractivity contribution in [1.82, 2.24) is 4.90 Å². The van der Waals surface area contributed by atoms with Crippen molar-refractivity contribution in [3.05, 3.63) is 70.2 Å². The first-order chi connectivity index (χ1) is 14.5. The van der Waals surface area contributed by atoms with Crippen LogP contribution >= 0.6 is 15.9 Å². The Morgan fingerprint density at radius 1 is 1.13 bits per heavy atom. The van der Waals surface area contributed by atoms with Gasteiger partial charge in [-0.1, -0.05) is 28.1 Å². The molecule has 0 aliphatic carbocycles. The molecule has 1 aromatic heterocycles. The third-order valence-corrected chi connectivity index (χ3v) is 5.20. The van der Waals surface area contributed by atoms with E-state index in [1.165, 1.54) is 18.2 Å². The Morgan fingerprint density at radius 2 is 1.90 bits per heavy atom. The molecular weight excluding hydrogens is 455 g/mol. The van der Waals surface area contributed by atoms with Crippen molar-refractivity contribution in [3.63, 3.8) is 0 Å². The van der Waals surface area contributed by atoms with E-state index < -0.39 is 11.7 Å². The van der Waals surface area contributed by atoms with Gasteiger partial charge in [-0.05, 0) is 36.4 Å². The summed E-state index contributed by atoms with van der Waals surface area (Å²) < 4.78 is 25.7. The standard InChI is InChI=1S/C22H18BrFN2O4/c23-15-6-7-17(24)14(13-15)5-8-19(27)25-20-16-3-1-2-4-18(16)30-21(20)22(28)26-9-11-29-12-10-26/h1-8,13H,9-12H2,(H,25,27)/b8-5+. The van der Waals surface area contributed by atoms with Gasteiger partial charge in [-0.15, -0.1) is 0 Å². The van der Waals surface area contributed by atoms with Crippen molar-refractivity contribution in [2.24, 2.45) is 0 Å². The minimum atomic E-state index is -0.503. The van der Waals surface area contributed by atoms with Crippen LogP contribution in [0.4, 0.5) is 10.1 Å². The molecule has 0 spiro atoms. The fourth-order valence-electron chi connectivity index (χ4n) is 3.20. The number of halogens is 2. The smallest absolute Gasteiger partial charge is 0.291 e. The molecule has 2 aromatic carbocycles. The van der Waals surface area contributed by atoms with Crippen LogP contribution in [0.3, 0.4) is 0 Å². The van der Waals surface area contributed by atoms with Crippen molar-refractivity contribution in [1.29, 1.82) is 0 Å². The third-order valence-electron chi connectivity index (χ3n) is 4.71. The van der Waals surface area contributed by atoms with Gasteiger partial charge in [0, 0.05) is 34.6 Å². The molecule has 1 aliphatic rings. The lowest BCUT2D eigenvalue weighted by molar-refractivity contribution is -0.111. The Labute approximate surface area is 180 Å². The number of benzene rings is 2. The first-order valence-corrected chi connectivity index (χ1v) is 10.1. The molecule has 2 heterocycles. The number of nitrogens with one attached hydrogen (secondary N) is 1. The van der Waals surface area contributed by atoms with Gasteiger partial charge >= 0.3 is 0 Å². The highest BCUT2D eigenvalue weighted by Crippen LogP contribution is 2.32. The maximum atomic E-state index is 13.9. The van der Waals surface area contributed by atoms with Gasteiger partial charge in [0.2, 0.25) is 11.7 Å². The average molecular weight is 473 g/mol. The molecule has 1 saturated heterocycles. The van der Waals surface area contributed by atoms with Crippen molar-refractivity contribution in [2.45, 2.75) is 0 Å². The number of amides is 2. The SMILES string of the molecule is O=C(/C=C/c1cc(Br)ccc1F)Nc1c(C(=O)N2CCOCC2)oc2ccccc12. The minimum absolute atomic E-state index is 0.0634. The van der Waals surface area contributed by atoms with Gasteiger partial charge < -0.3 is 19.4 Å². The van der Waals surface area contributed by atoms with Crippen LogP contribution in [0.2, 0.25) is 0 Å². The summed E-state index contributed by atoms with van der Waals surface area (Å²) in [7, 11) is 0. The Bertz CT molecular complexity index is 1140. The number of nitrogens with zero attached hydrogens (tertiary/aromatic N) is 1. The van der Waals surface area contributed by atoms with Crippen LogP contribution < -0.4 is 5.32 Å². The van der Waals surface area contributed by atoms with E-state index in [1.807, 2.05) is 0 Å². The molecule has 0 bridgehead atoms. The predicted octanol–water partition coefficient (Wildman–Crippen LogP) is 4.46. The maximum absolute atomic E-state index is 13.9. The molecule has 0 unspecified atom stereocenters. The summed E-state index contributed by atoms with van der Waals surface area (Å²) in [6.07, 6.45) is 2.59. The van der Waals surface area contributed by atoms with Gasteiger partial charge in [-0.2, -0.15) is 0 Å². The lowest BCUT2D eigenvalue weighted by Crippen LogP contribution is -2.40. The van der Waals surface area contributed by atoms with E-state index in [9.17, 15) is 14.0 Å². The summed E-state index contributed by atoms with van der Waals surface area (Å²) in [5.41, 5.74) is 1.05. The molecule has 30 heavy (non-hydrogen) atoms. The number of morpholine rings is 1. The normalized spacial score (nSPS) is 14.4. The maximum Gasteiger partial charge on any atom is 0.291 e. The fourth-order valence-corrected chi connectivity index (χ4v) is 3.58. The molecule has 0 atom stereocenters. The molecule has 1 aliphatic heterocycles. The quantitative estimate of drug-likeness (QED) is 0.569. The van der Waals surface area contributed by atoms with E-state index in [4.69, 9.17) is 9.15 Å². The van der Waals surface area contributed by atoms with Gasteiger partial charge in [-0.3, -0.25) is 9.59 Å². The van der Waals surface area contributed by atoms with E-state index >= 15 is 0 Å². The highest BCUT2D eigenvalue weighted by Gasteiger charge is 2.27. The second kappa shape index (κ2) is 8.81. The van der Waals surface area contributed by atoms with Gasteiger partial charge in [-0.25, -0.2) is 4.39 Å². The summed E-state index contributed by atoms with van der Waals surface area (Å²) in [5, 5.41) is 3.34. The van der Waals surface area contributed by atoms with Crippen LogP contribution in [-0.4, -0.2) is 43.0 Å². The lowest BCUT2D eigenvalue weighted by atomic mass is 10.2. The summed E-state index contributed by atoms with van der Waals surface area (Å²) in [6, 6.07) is 11.5. The fraction of sp³-hybridized carbons (Fsp3) is 0.182. The second-order valence-corrected chi connectivity index (χ2v) is 7.61. The molecular formula is C22H18BrFN2O4. The zero-order chi connectivity index (χ0) is 21.1. The molecule has 6 nitrogen and oxygen atoms in total. The van der Waals surface area contributed by atoms with Crippen LogP contribution in [-0.2, 0) is 9.53 Å². The average Bonchev–Trinajstić information content (AvgIpc) is 3.13. The van der Waals surface area contributed by atoms with Crippen LogP contribution in [0, 0.1) is 5.82 Å². The van der Waals surface area contributed by atoms with Crippen LogP contribution in [0.5, 0.6) is 0 Å². The molecule has 1 fully saturated rings. The number of hydrogen-bond donors (Lipinski definition) is 1. The Hall–Kier alpha value is -2.97. The molecule has 0 radical (unpaired) electrons. The van der Waals surface area contributed by atoms with Crippen LogP contribution in [0.25, 0.3) is 17.0 Å². The number of fused-ring (bicyclic) bond motifs is 1. The molecule has 1 N–H and O–H groups in total. The van der Waals surface area contributed by atoms with Crippen LogP contribution in [0.15, 0.2) is 57.4 Å². The summed E-state index contributed by atoms with van der Waals surface area (Å²) in [5.74, 6) is -1.20. The van der Waals surface area contributed by atoms with Gasteiger partial charge in [0.05, 0.1) is 13.2 Å². The predicted molar refractivity (Wildman–Crippen MR) is 115 cm³/mol. The van der Waals surface area contributed by atoms with Gasteiger partial charge in [0.1, 0.15) is 17.1 Å². The summed E-state index contributed by atoms with van der Waals surface area (Å²) in [6.45, 7) is 1.81. The highest BCUT2D eigenvalue weighted by molar-refractivity contribution is 9.10. The number of ether oxygens (including phenoxy) is 1. The third kappa shape index (κ3) is 4.29. The number of carbonyl (C=O) groups is 2. The minimum Gasteiger partial charge on any atom is -0.449 e. The van der Waals surface area contributed by atoms with E-state index in [0.717, 1.165) is 0 Å². The van der Waals surface area contributed by atoms with Gasteiger partial charge in [0.25, 0.3) is 5.91 Å². The van der Waals surface area contributed by atoms with Crippen molar-refractivity contribution in [3.8, 4) is 0 Å². The number of carbonyl (C=O) groups excluding carboxylic acids is 2. The molecule has 154 valence electrons. The molecule has 0 saturated carbocycles. The lowest BCUT2D eigenvalue weighted by Gasteiger charge is -2.26. The number of furan rings is 1. The first-order valence-electron chi connectivity index (χ1n) is 9.35. The summed E-state index contributed by atoms with van der Waals surface area (Å²) in [4.78, 5) is 27.2. The van der Waals surface area contributed by atoms with E-state index in [-0.39, 0.29) is 17.2 Å². The monoisotopic (exact) mass is 472 g/mol. The number of anilines is 1. The largest absolute Gasteiger partial charge is 0.449 e. The number of hydrogen-bond acceptors (Lipinski definition) is 4. The van der Waals surface area contributed by atoms with E-state index in [0.29, 0.717) is 47.4 Å². The molecule has 3 aromatic rings. The van der Waals surface area contributed by atoms with Crippen LogP contribution in [0.1, 0.15) is 16.1 Å². The second-order valence-electron chi connectivity index (χ2n) is 6.70. The van der Waals surface area contributed by atoms with E-state index in [1.54, 1.807) is 41.3 Å². The van der Waals surface area contributed by atoms with E-state index in [2.05, 4.69) is 21.2 Å². The zero-order valence-corrected chi connectivity index (χ0v) is 17.4. The Kier molecular flexibility index (Phi) is 5.96. The molecule has 2 amide bonds.